The van der Waals surface area contributed by atoms with Crippen molar-refractivity contribution in [3.63, 3.8) is 0 Å². The Bertz CT molecular complexity index is 1400. The van der Waals surface area contributed by atoms with E-state index in [9.17, 15) is 0 Å². The van der Waals surface area contributed by atoms with Crippen LogP contribution in [0.25, 0.3) is 5.69 Å². The number of benzene rings is 2. The highest BCUT2D eigenvalue weighted by atomic mass is 32.1. The van der Waals surface area contributed by atoms with E-state index in [-0.39, 0.29) is 12.1 Å². The zero-order chi connectivity index (χ0) is 24.7. The fourth-order valence-electron chi connectivity index (χ4n) is 5.18. The number of aryl methyl sites for hydroxylation is 3. The Morgan fingerprint density at radius 2 is 1.69 bits per heavy atom. The van der Waals surface area contributed by atoms with Crippen LogP contribution in [0.3, 0.4) is 0 Å². The van der Waals surface area contributed by atoms with Gasteiger partial charge in [0, 0.05) is 23.3 Å². The smallest absolute Gasteiger partial charge is 0.174 e. The van der Waals surface area contributed by atoms with Crippen molar-refractivity contribution >= 4 is 23.0 Å². The van der Waals surface area contributed by atoms with Crippen LogP contribution in [-0.4, -0.2) is 21.8 Å². The molecule has 5 rings (SSSR count). The standard InChI is InChI=1S/C29H30N4OS/c1-18-13-14-19(2)25(16-18)32-20(3)17-22(21(32)4)28-27(23-10-8-9-15-30-23)31-29(35)33(28)24-11-6-7-12-26(24)34-5/h6-17,27-28H,1-5H3,(H,31,35)/t27-,28-/m0/s1. The van der Waals surface area contributed by atoms with E-state index >= 15 is 0 Å². The fourth-order valence-corrected chi connectivity index (χ4v) is 5.52. The molecule has 0 amide bonds. The van der Waals surface area contributed by atoms with Crippen LogP contribution in [0, 0.1) is 27.7 Å². The van der Waals surface area contributed by atoms with Gasteiger partial charge in [-0.25, -0.2) is 0 Å². The predicted octanol–water partition coefficient (Wildman–Crippen LogP) is 6.29. The van der Waals surface area contributed by atoms with E-state index in [1.807, 2.05) is 36.5 Å². The summed E-state index contributed by atoms with van der Waals surface area (Å²) in [5.41, 5.74) is 9.16. The Hall–Kier alpha value is -3.64. The summed E-state index contributed by atoms with van der Waals surface area (Å²) in [6, 6.07) is 22.7. The van der Waals surface area contributed by atoms with Crippen molar-refractivity contribution in [2.75, 3.05) is 12.0 Å². The van der Waals surface area contributed by atoms with Crippen molar-refractivity contribution in [3.05, 3.63) is 107 Å². The first-order valence-corrected chi connectivity index (χ1v) is 12.2. The van der Waals surface area contributed by atoms with E-state index in [0.29, 0.717) is 5.11 Å². The highest BCUT2D eigenvalue weighted by molar-refractivity contribution is 7.80. The molecule has 0 radical (unpaired) electrons. The fraction of sp³-hybridized carbons (Fsp3) is 0.241. The van der Waals surface area contributed by atoms with Crippen molar-refractivity contribution in [1.29, 1.82) is 0 Å². The minimum atomic E-state index is -0.110. The lowest BCUT2D eigenvalue weighted by Crippen LogP contribution is -2.30. The largest absolute Gasteiger partial charge is 0.495 e. The third kappa shape index (κ3) is 3.98. The second-order valence-corrected chi connectivity index (χ2v) is 9.51. The lowest BCUT2D eigenvalue weighted by molar-refractivity contribution is 0.414. The summed E-state index contributed by atoms with van der Waals surface area (Å²) in [6.45, 7) is 8.67. The van der Waals surface area contributed by atoms with Gasteiger partial charge in [-0.3, -0.25) is 4.98 Å². The molecule has 1 aliphatic heterocycles. The van der Waals surface area contributed by atoms with Crippen LogP contribution in [-0.2, 0) is 0 Å². The molecule has 1 fully saturated rings. The SMILES string of the molecule is COc1ccccc1N1C(=S)N[C@@H](c2ccccn2)[C@@H]1c1cc(C)n(-c2cc(C)ccc2C)c1C. The number of para-hydroxylation sites is 2. The number of hydrogen-bond donors (Lipinski definition) is 1. The summed E-state index contributed by atoms with van der Waals surface area (Å²) in [5.74, 6) is 0.784. The third-order valence-electron chi connectivity index (χ3n) is 6.84. The van der Waals surface area contributed by atoms with Crippen molar-refractivity contribution in [1.82, 2.24) is 14.9 Å². The highest BCUT2D eigenvalue weighted by Crippen LogP contribution is 2.46. The molecular weight excluding hydrogens is 452 g/mol. The molecule has 5 nitrogen and oxygen atoms in total. The minimum absolute atomic E-state index is 0.0984. The van der Waals surface area contributed by atoms with Gasteiger partial charge < -0.3 is 19.5 Å². The molecule has 1 N–H and O–H groups in total. The molecule has 6 heteroatoms. The van der Waals surface area contributed by atoms with Crippen molar-refractivity contribution in [3.8, 4) is 11.4 Å². The summed E-state index contributed by atoms with van der Waals surface area (Å²) in [7, 11) is 1.70. The molecule has 1 saturated heterocycles. The molecule has 2 atom stereocenters. The van der Waals surface area contributed by atoms with Crippen LogP contribution < -0.4 is 15.0 Å². The first-order chi connectivity index (χ1) is 16.9. The molecule has 2 aromatic carbocycles. The first-order valence-electron chi connectivity index (χ1n) is 11.8. The van der Waals surface area contributed by atoms with Crippen LogP contribution in [0.1, 0.15) is 45.9 Å². The number of methoxy groups -OCH3 is 1. The third-order valence-corrected chi connectivity index (χ3v) is 7.15. The summed E-state index contributed by atoms with van der Waals surface area (Å²) in [6.07, 6.45) is 1.84. The zero-order valence-corrected chi connectivity index (χ0v) is 21.6. The molecule has 0 spiro atoms. The van der Waals surface area contributed by atoms with Gasteiger partial charge in [-0.15, -0.1) is 0 Å². The van der Waals surface area contributed by atoms with Crippen LogP contribution in [0.2, 0.25) is 0 Å². The maximum absolute atomic E-state index is 5.92. The quantitative estimate of drug-likeness (QED) is 0.339. The number of thiocarbonyl (C=S) groups is 1. The first kappa shape index (κ1) is 23.1. The lowest BCUT2D eigenvalue weighted by Gasteiger charge is -2.29. The summed E-state index contributed by atoms with van der Waals surface area (Å²) in [4.78, 5) is 6.88. The summed E-state index contributed by atoms with van der Waals surface area (Å²) < 4.78 is 8.09. The molecule has 0 aliphatic carbocycles. The Morgan fingerprint density at radius 1 is 0.914 bits per heavy atom. The zero-order valence-electron chi connectivity index (χ0n) is 20.7. The topological polar surface area (TPSA) is 42.3 Å². The lowest BCUT2D eigenvalue weighted by atomic mass is 9.96. The second-order valence-electron chi connectivity index (χ2n) is 9.12. The van der Waals surface area contributed by atoms with Crippen LogP contribution in [0.5, 0.6) is 5.75 Å². The average Bonchev–Trinajstić information content (AvgIpc) is 3.36. The van der Waals surface area contributed by atoms with E-state index < -0.39 is 0 Å². The molecule has 178 valence electrons. The molecule has 0 bridgehead atoms. The van der Waals surface area contributed by atoms with Gasteiger partial charge >= 0.3 is 0 Å². The molecule has 3 heterocycles. The van der Waals surface area contributed by atoms with Crippen LogP contribution in [0.4, 0.5) is 5.69 Å². The Balaban J connectivity index is 1.72. The molecule has 1 aliphatic rings. The average molecular weight is 483 g/mol. The van der Waals surface area contributed by atoms with Gasteiger partial charge in [0.25, 0.3) is 0 Å². The number of anilines is 1. The Morgan fingerprint density at radius 3 is 2.43 bits per heavy atom. The monoisotopic (exact) mass is 482 g/mol. The molecule has 2 aromatic heterocycles. The minimum Gasteiger partial charge on any atom is -0.495 e. The summed E-state index contributed by atoms with van der Waals surface area (Å²) in [5, 5.41) is 4.22. The molecular formula is C29H30N4OS. The van der Waals surface area contributed by atoms with Crippen molar-refractivity contribution in [2.45, 2.75) is 39.8 Å². The van der Waals surface area contributed by atoms with Gasteiger partial charge in [0.1, 0.15) is 5.75 Å². The number of ether oxygens (including phenoxy) is 1. The highest BCUT2D eigenvalue weighted by Gasteiger charge is 2.43. The van der Waals surface area contributed by atoms with E-state index in [1.54, 1.807) is 7.11 Å². The number of pyridine rings is 1. The van der Waals surface area contributed by atoms with E-state index in [0.717, 1.165) is 17.1 Å². The van der Waals surface area contributed by atoms with Gasteiger partial charge in [0.15, 0.2) is 5.11 Å². The van der Waals surface area contributed by atoms with Crippen LogP contribution >= 0.6 is 12.2 Å². The van der Waals surface area contributed by atoms with Gasteiger partial charge in [-0.05, 0) is 93.0 Å². The van der Waals surface area contributed by atoms with Gasteiger partial charge in [0.05, 0.1) is 30.6 Å². The molecule has 0 saturated carbocycles. The number of nitrogens with one attached hydrogen (secondary N) is 1. The molecule has 35 heavy (non-hydrogen) atoms. The number of aromatic nitrogens is 2. The predicted molar refractivity (Wildman–Crippen MR) is 146 cm³/mol. The maximum Gasteiger partial charge on any atom is 0.174 e. The number of hydrogen-bond acceptors (Lipinski definition) is 3. The number of nitrogens with zero attached hydrogens (tertiary/aromatic N) is 3. The number of rotatable bonds is 5. The van der Waals surface area contributed by atoms with E-state index in [4.69, 9.17) is 21.9 Å². The molecule has 0 unspecified atom stereocenters. The Kier molecular flexibility index (Phi) is 6.07. The van der Waals surface area contributed by atoms with E-state index in [2.05, 4.69) is 78.9 Å². The van der Waals surface area contributed by atoms with Crippen LogP contribution in [0.15, 0.2) is 72.9 Å². The molecule has 4 aromatic rings. The Labute approximate surface area is 212 Å². The van der Waals surface area contributed by atoms with Gasteiger partial charge in [-0.1, -0.05) is 30.3 Å². The maximum atomic E-state index is 5.92. The van der Waals surface area contributed by atoms with Gasteiger partial charge in [-0.2, -0.15) is 0 Å². The normalized spacial score (nSPS) is 17.5. The summed E-state index contributed by atoms with van der Waals surface area (Å²) >= 11 is 5.92. The van der Waals surface area contributed by atoms with E-state index in [1.165, 1.54) is 33.8 Å². The van der Waals surface area contributed by atoms with Gasteiger partial charge in [0.2, 0.25) is 0 Å². The second kappa shape index (κ2) is 9.19. The van der Waals surface area contributed by atoms with Crippen molar-refractivity contribution in [2.24, 2.45) is 0 Å². The van der Waals surface area contributed by atoms with Crippen molar-refractivity contribution < 1.29 is 4.74 Å².